The van der Waals surface area contributed by atoms with E-state index in [0.717, 1.165) is 19.4 Å². The Bertz CT molecular complexity index is 210. The van der Waals surface area contributed by atoms with Crippen molar-refractivity contribution in [2.75, 3.05) is 6.54 Å². The van der Waals surface area contributed by atoms with Gasteiger partial charge in [0.25, 0.3) is 0 Å². The van der Waals surface area contributed by atoms with Crippen LogP contribution in [0.1, 0.15) is 64.7 Å². The second kappa shape index (κ2) is 8.51. The van der Waals surface area contributed by atoms with Crippen molar-refractivity contribution in [2.24, 2.45) is 11.7 Å². The molecule has 1 fully saturated rings. The standard InChI is InChI=1S/C14H28N2O/c1-2-8-13(15)14(17)16-11-12-9-6-4-3-5-7-10-12/h12-13H,2-11,15H2,1H3,(H,16,17). The van der Waals surface area contributed by atoms with E-state index in [1.807, 2.05) is 0 Å². The average Bonchev–Trinajstić information content (AvgIpc) is 2.27. The van der Waals surface area contributed by atoms with Gasteiger partial charge in [0.05, 0.1) is 6.04 Å². The molecule has 1 atom stereocenters. The van der Waals surface area contributed by atoms with Gasteiger partial charge >= 0.3 is 0 Å². The summed E-state index contributed by atoms with van der Waals surface area (Å²) in [6.45, 7) is 2.89. The first kappa shape index (κ1) is 14.5. The zero-order chi connectivity index (χ0) is 12.5. The van der Waals surface area contributed by atoms with Gasteiger partial charge < -0.3 is 11.1 Å². The van der Waals surface area contributed by atoms with E-state index in [4.69, 9.17) is 5.73 Å². The molecule has 3 heteroatoms. The van der Waals surface area contributed by atoms with Crippen molar-refractivity contribution in [3.8, 4) is 0 Å². The summed E-state index contributed by atoms with van der Waals surface area (Å²) in [5.74, 6) is 0.710. The fourth-order valence-electron chi connectivity index (χ4n) is 2.56. The number of hydrogen-bond donors (Lipinski definition) is 2. The molecule has 0 spiro atoms. The van der Waals surface area contributed by atoms with Crippen molar-refractivity contribution in [3.05, 3.63) is 0 Å². The van der Waals surface area contributed by atoms with Crippen LogP contribution in [-0.4, -0.2) is 18.5 Å². The summed E-state index contributed by atoms with van der Waals surface area (Å²) in [6.07, 6.45) is 11.0. The van der Waals surface area contributed by atoms with Gasteiger partial charge in [-0.15, -0.1) is 0 Å². The second-order valence-corrected chi connectivity index (χ2v) is 5.35. The fraction of sp³-hybridized carbons (Fsp3) is 0.929. The summed E-state index contributed by atoms with van der Waals surface area (Å²) >= 11 is 0. The molecule has 0 aromatic heterocycles. The molecule has 1 aliphatic rings. The van der Waals surface area contributed by atoms with Crippen LogP contribution in [-0.2, 0) is 4.79 Å². The highest BCUT2D eigenvalue weighted by Gasteiger charge is 2.15. The number of nitrogens with two attached hydrogens (primary N) is 1. The predicted molar refractivity (Wildman–Crippen MR) is 71.7 cm³/mol. The third-order valence-electron chi connectivity index (χ3n) is 3.73. The van der Waals surface area contributed by atoms with E-state index in [1.165, 1.54) is 44.9 Å². The van der Waals surface area contributed by atoms with Gasteiger partial charge in [-0.2, -0.15) is 0 Å². The van der Waals surface area contributed by atoms with Crippen molar-refractivity contribution in [3.63, 3.8) is 0 Å². The Kier molecular flexibility index (Phi) is 7.25. The zero-order valence-corrected chi connectivity index (χ0v) is 11.2. The SMILES string of the molecule is CCCC(N)C(=O)NCC1CCCCCCC1. The van der Waals surface area contributed by atoms with Crippen molar-refractivity contribution >= 4 is 5.91 Å². The number of hydrogen-bond acceptors (Lipinski definition) is 2. The maximum absolute atomic E-state index is 11.7. The number of nitrogens with one attached hydrogen (secondary N) is 1. The fourth-order valence-corrected chi connectivity index (χ4v) is 2.56. The molecule has 17 heavy (non-hydrogen) atoms. The lowest BCUT2D eigenvalue weighted by molar-refractivity contribution is -0.122. The molecule has 0 aromatic carbocycles. The Morgan fingerprint density at radius 1 is 1.24 bits per heavy atom. The molecule has 0 aromatic rings. The Hall–Kier alpha value is -0.570. The van der Waals surface area contributed by atoms with Gasteiger partial charge in [0.15, 0.2) is 0 Å². The van der Waals surface area contributed by atoms with Crippen LogP contribution in [0.5, 0.6) is 0 Å². The Morgan fingerprint density at radius 3 is 2.41 bits per heavy atom. The van der Waals surface area contributed by atoms with E-state index in [1.54, 1.807) is 0 Å². The van der Waals surface area contributed by atoms with Crippen molar-refractivity contribution in [1.29, 1.82) is 0 Å². The van der Waals surface area contributed by atoms with Crippen LogP contribution >= 0.6 is 0 Å². The number of carbonyl (C=O) groups excluding carboxylic acids is 1. The van der Waals surface area contributed by atoms with E-state index in [0.29, 0.717) is 5.92 Å². The van der Waals surface area contributed by atoms with Gasteiger partial charge in [0, 0.05) is 6.54 Å². The van der Waals surface area contributed by atoms with Crippen LogP contribution < -0.4 is 11.1 Å². The normalized spacial score (nSPS) is 20.4. The summed E-state index contributed by atoms with van der Waals surface area (Å²) in [5.41, 5.74) is 5.79. The van der Waals surface area contributed by atoms with E-state index in [2.05, 4.69) is 12.2 Å². The molecule has 3 N–H and O–H groups in total. The summed E-state index contributed by atoms with van der Waals surface area (Å²) in [7, 11) is 0. The lowest BCUT2D eigenvalue weighted by Crippen LogP contribution is -2.42. The molecular formula is C14H28N2O. The van der Waals surface area contributed by atoms with Gasteiger partial charge in [-0.3, -0.25) is 4.79 Å². The minimum Gasteiger partial charge on any atom is -0.354 e. The zero-order valence-electron chi connectivity index (χ0n) is 11.2. The largest absolute Gasteiger partial charge is 0.354 e. The molecule has 1 saturated carbocycles. The van der Waals surface area contributed by atoms with Crippen LogP contribution in [0.4, 0.5) is 0 Å². The maximum Gasteiger partial charge on any atom is 0.236 e. The molecule has 0 saturated heterocycles. The highest BCUT2D eigenvalue weighted by atomic mass is 16.2. The molecule has 3 nitrogen and oxygen atoms in total. The Labute approximate surface area is 106 Å². The molecule has 1 aliphatic carbocycles. The van der Waals surface area contributed by atoms with E-state index >= 15 is 0 Å². The lowest BCUT2D eigenvalue weighted by atomic mass is 9.91. The molecule has 100 valence electrons. The predicted octanol–water partition coefficient (Wildman–Crippen LogP) is 2.59. The summed E-state index contributed by atoms with van der Waals surface area (Å²) in [6, 6.07) is -0.312. The molecule has 1 rings (SSSR count). The highest BCUT2D eigenvalue weighted by molar-refractivity contribution is 5.81. The molecule has 0 bridgehead atoms. The summed E-state index contributed by atoms with van der Waals surface area (Å²) < 4.78 is 0. The third kappa shape index (κ3) is 6.06. The van der Waals surface area contributed by atoms with Crippen LogP contribution in [0.25, 0.3) is 0 Å². The second-order valence-electron chi connectivity index (χ2n) is 5.35. The quantitative estimate of drug-likeness (QED) is 0.776. The van der Waals surface area contributed by atoms with E-state index < -0.39 is 0 Å². The topological polar surface area (TPSA) is 55.1 Å². The Morgan fingerprint density at radius 2 is 1.82 bits per heavy atom. The van der Waals surface area contributed by atoms with E-state index in [-0.39, 0.29) is 11.9 Å². The minimum absolute atomic E-state index is 0.0360. The van der Waals surface area contributed by atoms with Crippen molar-refractivity contribution in [1.82, 2.24) is 5.32 Å². The van der Waals surface area contributed by atoms with Gasteiger partial charge in [-0.1, -0.05) is 45.4 Å². The smallest absolute Gasteiger partial charge is 0.236 e. The van der Waals surface area contributed by atoms with Crippen molar-refractivity contribution in [2.45, 2.75) is 70.8 Å². The molecule has 0 aliphatic heterocycles. The number of carbonyl (C=O) groups is 1. The Balaban J connectivity index is 2.20. The van der Waals surface area contributed by atoms with Crippen molar-refractivity contribution < 1.29 is 4.79 Å². The highest BCUT2D eigenvalue weighted by Crippen LogP contribution is 2.21. The maximum atomic E-state index is 11.7. The summed E-state index contributed by atoms with van der Waals surface area (Å²) in [5, 5.41) is 3.02. The van der Waals surface area contributed by atoms with Gasteiger partial charge in [0.2, 0.25) is 5.91 Å². The molecule has 1 unspecified atom stereocenters. The first-order valence-electron chi connectivity index (χ1n) is 7.27. The van der Waals surface area contributed by atoms with Crippen LogP contribution in [0.2, 0.25) is 0 Å². The van der Waals surface area contributed by atoms with E-state index in [9.17, 15) is 4.79 Å². The molecular weight excluding hydrogens is 212 g/mol. The van der Waals surface area contributed by atoms with Gasteiger partial charge in [0.1, 0.15) is 0 Å². The summed E-state index contributed by atoms with van der Waals surface area (Å²) in [4.78, 5) is 11.7. The number of amides is 1. The van der Waals surface area contributed by atoms with Crippen LogP contribution in [0.3, 0.4) is 0 Å². The van der Waals surface area contributed by atoms with Crippen LogP contribution in [0, 0.1) is 5.92 Å². The van der Waals surface area contributed by atoms with Crippen LogP contribution in [0.15, 0.2) is 0 Å². The molecule has 1 amide bonds. The van der Waals surface area contributed by atoms with Gasteiger partial charge in [-0.25, -0.2) is 0 Å². The average molecular weight is 240 g/mol. The molecule has 0 heterocycles. The monoisotopic (exact) mass is 240 g/mol. The minimum atomic E-state index is -0.312. The number of rotatable bonds is 5. The first-order valence-corrected chi connectivity index (χ1v) is 7.27. The first-order chi connectivity index (χ1) is 8.24. The van der Waals surface area contributed by atoms with Gasteiger partial charge in [-0.05, 0) is 25.2 Å². The molecule has 0 radical (unpaired) electrons. The lowest BCUT2D eigenvalue weighted by Gasteiger charge is -2.21. The third-order valence-corrected chi connectivity index (χ3v) is 3.73.